The molecule has 2 atom stereocenters. The Morgan fingerprint density at radius 2 is 2.05 bits per heavy atom. The van der Waals surface area contributed by atoms with E-state index in [0.29, 0.717) is 0 Å². The predicted octanol–water partition coefficient (Wildman–Crippen LogP) is 2.04. The summed E-state index contributed by atoms with van der Waals surface area (Å²) < 4.78 is 7.49. The van der Waals surface area contributed by atoms with Crippen molar-refractivity contribution < 1.29 is 14.6 Å². The van der Waals surface area contributed by atoms with Crippen LogP contribution in [0.25, 0.3) is 11.0 Å². The highest BCUT2D eigenvalue weighted by Gasteiger charge is 2.23. The third kappa shape index (κ3) is 2.78. The molecule has 0 radical (unpaired) electrons. The summed E-state index contributed by atoms with van der Waals surface area (Å²) in [6, 6.07) is 6.02. The van der Waals surface area contributed by atoms with Gasteiger partial charge in [0, 0.05) is 18.8 Å². The number of rotatable bonds is 3. The van der Waals surface area contributed by atoms with Crippen LogP contribution < -0.4 is 4.90 Å². The minimum absolute atomic E-state index is 0.0622. The summed E-state index contributed by atoms with van der Waals surface area (Å²) in [6.07, 6.45) is 0.400. The van der Waals surface area contributed by atoms with Crippen molar-refractivity contribution in [2.45, 2.75) is 39.5 Å². The number of imidazole rings is 1. The van der Waals surface area contributed by atoms with Crippen LogP contribution in [0.1, 0.15) is 19.7 Å². The monoisotopic (exact) mass is 303 g/mol. The number of ether oxygens (including phenoxy) is 1. The van der Waals surface area contributed by atoms with E-state index in [1.165, 1.54) is 0 Å². The highest BCUT2D eigenvalue weighted by atomic mass is 16.5. The number of carbonyl (C=O) groups is 1. The quantitative estimate of drug-likeness (QED) is 0.940. The number of aromatic nitrogens is 2. The molecule has 6 heteroatoms. The van der Waals surface area contributed by atoms with Gasteiger partial charge in [-0.1, -0.05) is 0 Å². The van der Waals surface area contributed by atoms with Crippen LogP contribution in [0.15, 0.2) is 18.2 Å². The smallest absolute Gasteiger partial charge is 0.323 e. The van der Waals surface area contributed by atoms with Gasteiger partial charge in [-0.3, -0.25) is 4.79 Å². The molecule has 0 bridgehead atoms. The molecule has 1 saturated heterocycles. The molecular formula is C16H21N3O3. The minimum atomic E-state index is -0.859. The van der Waals surface area contributed by atoms with Gasteiger partial charge in [0.15, 0.2) is 0 Å². The number of fused-ring (bicyclic) bond motifs is 1. The topological polar surface area (TPSA) is 67.6 Å². The van der Waals surface area contributed by atoms with E-state index in [-0.39, 0.29) is 18.8 Å². The minimum Gasteiger partial charge on any atom is -0.480 e. The van der Waals surface area contributed by atoms with Crippen molar-refractivity contribution in [1.29, 1.82) is 0 Å². The molecule has 0 spiro atoms. The summed E-state index contributed by atoms with van der Waals surface area (Å²) in [5, 5.41) is 9.02. The lowest BCUT2D eigenvalue weighted by Crippen LogP contribution is -2.45. The summed E-state index contributed by atoms with van der Waals surface area (Å²) in [7, 11) is 0. The van der Waals surface area contributed by atoms with Gasteiger partial charge in [0.1, 0.15) is 12.4 Å². The third-order valence-electron chi connectivity index (χ3n) is 4.00. The maximum Gasteiger partial charge on any atom is 0.323 e. The van der Waals surface area contributed by atoms with Gasteiger partial charge < -0.3 is 19.3 Å². The Morgan fingerprint density at radius 1 is 1.36 bits per heavy atom. The van der Waals surface area contributed by atoms with Gasteiger partial charge in [-0.25, -0.2) is 4.98 Å². The fourth-order valence-corrected chi connectivity index (χ4v) is 3.16. The van der Waals surface area contributed by atoms with Gasteiger partial charge in [0.05, 0.1) is 23.2 Å². The van der Waals surface area contributed by atoms with Crippen molar-refractivity contribution in [3.63, 3.8) is 0 Å². The van der Waals surface area contributed by atoms with Gasteiger partial charge in [-0.15, -0.1) is 0 Å². The maximum absolute atomic E-state index is 11.0. The molecule has 1 aromatic carbocycles. The average molecular weight is 303 g/mol. The number of morpholine rings is 1. The highest BCUT2D eigenvalue weighted by Crippen LogP contribution is 2.25. The number of anilines is 1. The molecule has 2 aromatic rings. The summed E-state index contributed by atoms with van der Waals surface area (Å²) in [5.41, 5.74) is 2.80. The van der Waals surface area contributed by atoms with Crippen molar-refractivity contribution in [3.05, 3.63) is 24.0 Å². The van der Waals surface area contributed by atoms with Gasteiger partial charge >= 0.3 is 5.97 Å². The Morgan fingerprint density at radius 3 is 2.68 bits per heavy atom. The van der Waals surface area contributed by atoms with Gasteiger partial charge in [-0.05, 0) is 39.0 Å². The Labute approximate surface area is 129 Å². The van der Waals surface area contributed by atoms with Crippen LogP contribution in [-0.4, -0.2) is 45.9 Å². The first-order valence-corrected chi connectivity index (χ1v) is 7.53. The molecule has 1 N–H and O–H groups in total. The molecule has 0 saturated carbocycles. The van der Waals surface area contributed by atoms with Crippen molar-refractivity contribution in [2.75, 3.05) is 18.0 Å². The van der Waals surface area contributed by atoms with E-state index in [2.05, 4.69) is 23.7 Å². The molecule has 1 aromatic heterocycles. The lowest BCUT2D eigenvalue weighted by Gasteiger charge is -2.36. The van der Waals surface area contributed by atoms with Gasteiger partial charge in [-0.2, -0.15) is 0 Å². The fraction of sp³-hybridized carbons (Fsp3) is 0.500. The van der Waals surface area contributed by atoms with Crippen LogP contribution >= 0.6 is 0 Å². The molecule has 1 aliphatic heterocycles. The van der Waals surface area contributed by atoms with Crippen molar-refractivity contribution >= 4 is 22.7 Å². The van der Waals surface area contributed by atoms with Crippen LogP contribution in [0.4, 0.5) is 5.69 Å². The molecule has 118 valence electrons. The van der Waals surface area contributed by atoms with E-state index < -0.39 is 5.97 Å². The van der Waals surface area contributed by atoms with Crippen molar-refractivity contribution in [3.8, 4) is 0 Å². The first-order valence-electron chi connectivity index (χ1n) is 7.53. The summed E-state index contributed by atoms with van der Waals surface area (Å²) >= 11 is 0. The van der Waals surface area contributed by atoms with Crippen LogP contribution in [0.5, 0.6) is 0 Å². The number of aryl methyl sites for hydroxylation is 1. The summed E-state index contributed by atoms with van der Waals surface area (Å²) in [5.74, 6) is -0.138. The lowest BCUT2D eigenvalue weighted by molar-refractivity contribution is -0.137. The highest BCUT2D eigenvalue weighted by molar-refractivity contribution is 5.82. The second-order valence-corrected chi connectivity index (χ2v) is 5.97. The normalized spacial score (nSPS) is 22.2. The number of carboxylic acids is 1. The third-order valence-corrected chi connectivity index (χ3v) is 4.00. The fourth-order valence-electron chi connectivity index (χ4n) is 3.16. The average Bonchev–Trinajstić information content (AvgIpc) is 2.72. The van der Waals surface area contributed by atoms with Crippen LogP contribution in [0.3, 0.4) is 0 Å². The Balaban J connectivity index is 1.95. The Bertz CT molecular complexity index is 700. The zero-order valence-corrected chi connectivity index (χ0v) is 13.1. The van der Waals surface area contributed by atoms with E-state index in [4.69, 9.17) is 9.84 Å². The Kier molecular flexibility index (Phi) is 3.78. The molecule has 0 aliphatic carbocycles. The second-order valence-electron chi connectivity index (χ2n) is 5.97. The van der Waals surface area contributed by atoms with E-state index in [1.54, 1.807) is 4.57 Å². The van der Waals surface area contributed by atoms with Crippen LogP contribution in [0.2, 0.25) is 0 Å². The summed E-state index contributed by atoms with van der Waals surface area (Å²) in [6.45, 7) is 7.63. The number of benzene rings is 1. The summed E-state index contributed by atoms with van der Waals surface area (Å²) in [4.78, 5) is 17.8. The van der Waals surface area contributed by atoms with Gasteiger partial charge in [0.2, 0.25) is 0 Å². The molecular weight excluding hydrogens is 282 g/mol. The number of aliphatic carboxylic acids is 1. The number of carboxylic acid groups (broad SMARTS) is 1. The number of hydrogen-bond acceptors (Lipinski definition) is 4. The van der Waals surface area contributed by atoms with Crippen LogP contribution in [0, 0.1) is 6.92 Å². The maximum atomic E-state index is 11.0. The van der Waals surface area contributed by atoms with Gasteiger partial charge in [0.25, 0.3) is 0 Å². The molecule has 0 amide bonds. The second kappa shape index (κ2) is 5.61. The first kappa shape index (κ1) is 14.8. The van der Waals surface area contributed by atoms with E-state index in [0.717, 1.165) is 35.6 Å². The largest absolute Gasteiger partial charge is 0.480 e. The Hall–Kier alpha value is -2.08. The van der Waals surface area contributed by atoms with E-state index in [9.17, 15) is 4.79 Å². The standard InChI is InChI=1S/C16H21N3O3/c1-10-7-18(8-11(2)22-10)13-4-5-15-14(6-13)17-12(3)19(15)9-16(20)21/h4-6,10-11H,7-9H2,1-3H3,(H,20,21). The van der Waals surface area contributed by atoms with E-state index in [1.807, 2.05) is 25.1 Å². The number of hydrogen-bond donors (Lipinski definition) is 1. The molecule has 2 heterocycles. The molecule has 2 unspecified atom stereocenters. The zero-order chi connectivity index (χ0) is 15.9. The molecule has 1 aliphatic rings. The molecule has 6 nitrogen and oxygen atoms in total. The number of nitrogens with zero attached hydrogens (tertiary/aromatic N) is 3. The molecule has 22 heavy (non-hydrogen) atoms. The first-order chi connectivity index (χ1) is 10.4. The molecule has 3 rings (SSSR count). The van der Waals surface area contributed by atoms with E-state index >= 15 is 0 Å². The lowest BCUT2D eigenvalue weighted by atomic mass is 10.2. The van der Waals surface area contributed by atoms with Crippen molar-refractivity contribution in [1.82, 2.24) is 9.55 Å². The zero-order valence-electron chi connectivity index (χ0n) is 13.1. The van der Waals surface area contributed by atoms with Crippen LogP contribution in [-0.2, 0) is 16.1 Å². The SMILES string of the molecule is Cc1nc2cc(N3CC(C)OC(C)C3)ccc2n1CC(=O)O. The predicted molar refractivity (Wildman–Crippen MR) is 84.3 cm³/mol. The van der Waals surface area contributed by atoms with Crippen molar-refractivity contribution in [2.24, 2.45) is 0 Å². The molecule has 1 fully saturated rings.